The second-order valence-corrected chi connectivity index (χ2v) is 9.43. The molecule has 0 amide bonds. The highest BCUT2D eigenvalue weighted by Gasteiger charge is 2.17. The fourth-order valence-corrected chi connectivity index (χ4v) is 6.39. The molecular formula is C15H31Al. The van der Waals surface area contributed by atoms with Gasteiger partial charge in [0.1, 0.15) is 0 Å². The Hall–Kier alpha value is 0.272. The first kappa shape index (κ1) is 16.3. The topological polar surface area (TPSA) is 0 Å². The number of rotatable bonds is 7. The molecule has 0 saturated carbocycles. The van der Waals surface area contributed by atoms with Gasteiger partial charge in [-0.15, -0.1) is 4.94 Å². The Kier molecular flexibility index (Phi) is 8.52. The van der Waals surface area contributed by atoms with E-state index in [9.17, 15) is 0 Å². The largest absolute Gasteiger partial charge is 0.295 e. The summed E-state index contributed by atoms with van der Waals surface area (Å²) in [5, 5.41) is 2.96. The van der Waals surface area contributed by atoms with Crippen molar-refractivity contribution in [2.75, 3.05) is 0 Å². The molecule has 0 aromatic heterocycles. The van der Waals surface area contributed by atoms with E-state index < -0.39 is 14.1 Å². The Morgan fingerprint density at radius 3 is 1.62 bits per heavy atom. The molecule has 0 atom stereocenters. The molecule has 0 N–H and O–H groups in total. The lowest BCUT2D eigenvalue weighted by molar-refractivity contribution is 0.642. The zero-order valence-electron chi connectivity index (χ0n) is 12.5. The molecule has 0 heterocycles. The first-order valence-corrected chi connectivity index (χ1v) is 9.28. The van der Waals surface area contributed by atoms with E-state index >= 15 is 0 Å². The molecule has 0 aliphatic carbocycles. The molecule has 0 unspecified atom stereocenters. The SMILES string of the molecule is CC(=[CH][Al]([CH2]C(C)C)[CH2]C(C)C)CC(C)C. The molecule has 0 aliphatic rings. The van der Waals surface area contributed by atoms with Gasteiger partial charge in [0.25, 0.3) is 14.1 Å². The van der Waals surface area contributed by atoms with Crippen molar-refractivity contribution in [1.82, 2.24) is 0 Å². The van der Waals surface area contributed by atoms with Crippen LogP contribution in [0.2, 0.25) is 10.6 Å². The lowest BCUT2D eigenvalue weighted by Gasteiger charge is -2.15. The van der Waals surface area contributed by atoms with Gasteiger partial charge in [0, 0.05) is 0 Å². The van der Waals surface area contributed by atoms with E-state index in [0.717, 1.165) is 17.8 Å². The molecule has 94 valence electrons. The van der Waals surface area contributed by atoms with Crippen LogP contribution >= 0.6 is 0 Å². The van der Waals surface area contributed by atoms with E-state index in [1.165, 1.54) is 17.0 Å². The fraction of sp³-hybridized carbons (Fsp3) is 0.867. The quantitative estimate of drug-likeness (QED) is 0.526. The highest BCUT2D eigenvalue weighted by atomic mass is 27.2. The van der Waals surface area contributed by atoms with Crippen LogP contribution < -0.4 is 0 Å². The van der Waals surface area contributed by atoms with E-state index in [2.05, 4.69) is 53.4 Å². The minimum absolute atomic E-state index is 0.628. The van der Waals surface area contributed by atoms with E-state index in [-0.39, 0.29) is 0 Å². The van der Waals surface area contributed by atoms with Crippen LogP contribution in [0.1, 0.15) is 54.9 Å². The molecule has 0 bridgehead atoms. The number of allylic oxidation sites excluding steroid dienone is 1. The summed E-state index contributed by atoms with van der Waals surface area (Å²) in [4.78, 5) is 2.68. The highest BCUT2D eigenvalue weighted by molar-refractivity contribution is 6.64. The predicted octanol–water partition coefficient (Wildman–Crippen LogP) is 5.32. The fourth-order valence-electron chi connectivity index (χ4n) is 2.56. The Bertz CT molecular complexity index is 191. The third kappa shape index (κ3) is 9.50. The Labute approximate surface area is 108 Å². The van der Waals surface area contributed by atoms with Gasteiger partial charge in [0.05, 0.1) is 0 Å². The van der Waals surface area contributed by atoms with Crippen molar-refractivity contribution >= 4 is 14.1 Å². The van der Waals surface area contributed by atoms with Crippen LogP contribution in [-0.2, 0) is 0 Å². The van der Waals surface area contributed by atoms with Crippen LogP contribution in [0.3, 0.4) is 0 Å². The Morgan fingerprint density at radius 1 is 0.875 bits per heavy atom. The summed E-state index contributed by atoms with van der Waals surface area (Å²) in [6, 6.07) is 0. The molecule has 0 spiro atoms. The predicted molar refractivity (Wildman–Crippen MR) is 78.3 cm³/mol. The molecular weight excluding hydrogens is 207 g/mol. The maximum Gasteiger partial charge on any atom is 0.295 e. The van der Waals surface area contributed by atoms with Crippen LogP contribution in [0.5, 0.6) is 0 Å². The van der Waals surface area contributed by atoms with Crippen molar-refractivity contribution < 1.29 is 0 Å². The third-order valence-electron chi connectivity index (χ3n) is 2.80. The van der Waals surface area contributed by atoms with Crippen molar-refractivity contribution in [3.8, 4) is 0 Å². The monoisotopic (exact) mass is 238 g/mol. The molecule has 16 heavy (non-hydrogen) atoms. The molecule has 0 fully saturated rings. The minimum atomic E-state index is -0.628. The van der Waals surface area contributed by atoms with Crippen LogP contribution in [0.15, 0.2) is 10.5 Å². The summed E-state index contributed by atoms with van der Waals surface area (Å²) in [5.74, 6) is 2.56. The number of hydrogen-bond acceptors (Lipinski definition) is 0. The maximum atomic E-state index is 2.68. The zero-order chi connectivity index (χ0) is 12.7. The lowest BCUT2D eigenvalue weighted by atomic mass is 10.1. The van der Waals surface area contributed by atoms with Gasteiger partial charge >= 0.3 is 0 Å². The summed E-state index contributed by atoms with van der Waals surface area (Å²) in [5.41, 5.74) is 1.65. The van der Waals surface area contributed by atoms with E-state index in [4.69, 9.17) is 0 Å². The van der Waals surface area contributed by atoms with Crippen LogP contribution in [-0.4, -0.2) is 14.1 Å². The second-order valence-electron chi connectivity index (χ2n) is 6.63. The molecule has 0 rings (SSSR count). The van der Waals surface area contributed by atoms with Crippen LogP contribution in [0.4, 0.5) is 0 Å². The average Bonchev–Trinajstić information content (AvgIpc) is 1.97. The first-order valence-electron chi connectivity index (χ1n) is 6.98. The van der Waals surface area contributed by atoms with Gasteiger partial charge in [-0.25, -0.2) is 0 Å². The summed E-state index contributed by atoms with van der Waals surface area (Å²) in [6.07, 6.45) is 1.29. The summed E-state index contributed by atoms with van der Waals surface area (Å²) < 4.78 is 0. The summed E-state index contributed by atoms with van der Waals surface area (Å²) >= 11 is -0.628. The standard InChI is InChI=1S/C7H13.2C4H9.Al/c1-6(2)5-7(3)4;2*1-4(2)3;/h1,7H,5H2,2-4H3;2*4H,1H2,2-3H3;. The summed E-state index contributed by atoms with van der Waals surface area (Å²) in [7, 11) is 0. The number of hydrogen-bond donors (Lipinski definition) is 0. The normalized spacial score (nSPS) is 13.0. The Balaban J connectivity index is 4.38. The van der Waals surface area contributed by atoms with Crippen molar-refractivity contribution in [3.63, 3.8) is 0 Å². The molecule has 0 aliphatic heterocycles. The maximum absolute atomic E-state index is 2.68. The summed E-state index contributed by atoms with van der Waals surface area (Å²) in [6.45, 7) is 16.4. The molecule has 0 nitrogen and oxygen atoms in total. The minimum Gasteiger partial charge on any atom is -0.145 e. The van der Waals surface area contributed by atoms with Gasteiger partial charge in [0.15, 0.2) is 0 Å². The average molecular weight is 238 g/mol. The van der Waals surface area contributed by atoms with Crippen LogP contribution in [0.25, 0.3) is 0 Å². The third-order valence-corrected chi connectivity index (χ3v) is 6.94. The van der Waals surface area contributed by atoms with Gasteiger partial charge in [0.2, 0.25) is 0 Å². The van der Waals surface area contributed by atoms with Gasteiger partial charge in [-0.2, -0.15) is 0 Å². The second kappa shape index (κ2) is 8.38. The highest BCUT2D eigenvalue weighted by Crippen LogP contribution is 2.19. The van der Waals surface area contributed by atoms with Crippen molar-refractivity contribution in [2.24, 2.45) is 17.8 Å². The van der Waals surface area contributed by atoms with E-state index in [0.29, 0.717) is 0 Å². The van der Waals surface area contributed by atoms with Crippen molar-refractivity contribution in [2.45, 2.75) is 65.5 Å². The van der Waals surface area contributed by atoms with Crippen molar-refractivity contribution in [3.05, 3.63) is 10.5 Å². The smallest absolute Gasteiger partial charge is 0.145 e. The van der Waals surface area contributed by atoms with Gasteiger partial charge in [-0.3, -0.25) is 0 Å². The Morgan fingerprint density at radius 2 is 1.31 bits per heavy atom. The first-order chi connectivity index (χ1) is 7.31. The van der Waals surface area contributed by atoms with E-state index in [1.54, 1.807) is 5.57 Å². The zero-order valence-corrected chi connectivity index (χ0v) is 13.7. The van der Waals surface area contributed by atoms with Crippen LogP contribution in [0, 0.1) is 17.8 Å². The van der Waals surface area contributed by atoms with Gasteiger partial charge < -0.3 is 0 Å². The van der Waals surface area contributed by atoms with Gasteiger partial charge in [-0.1, -0.05) is 69.5 Å². The molecule has 0 saturated heterocycles. The lowest BCUT2D eigenvalue weighted by Crippen LogP contribution is -2.16. The van der Waals surface area contributed by atoms with Gasteiger partial charge in [-0.05, 0) is 19.3 Å². The molecule has 0 radical (unpaired) electrons. The molecule has 0 aromatic carbocycles. The van der Waals surface area contributed by atoms with Crippen molar-refractivity contribution in [1.29, 1.82) is 0 Å². The molecule has 1 heteroatoms. The molecule has 0 aromatic rings. The van der Waals surface area contributed by atoms with E-state index in [1.807, 2.05) is 0 Å².